The Morgan fingerprint density at radius 1 is 1.22 bits per heavy atom. The van der Waals surface area contributed by atoms with Crippen LogP contribution in [0.1, 0.15) is 32.1 Å². The molecule has 1 aliphatic heterocycles. The van der Waals surface area contributed by atoms with Crippen molar-refractivity contribution in [3.8, 4) is 0 Å². The first-order chi connectivity index (χ1) is 8.81. The number of fused-ring (bicyclic) bond motifs is 5. The molecule has 18 heavy (non-hydrogen) atoms. The van der Waals surface area contributed by atoms with E-state index in [-0.39, 0.29) is 0 Å². The minimum absolute atomic E-state index is 0.439. The molecule has 0 radical (unpaired) electrons. The molecule has 3 heteroatoms. The molecule has 0 aromatic carbocycles. The summed E-state index contributed by atoms with van der Waals surface area (Å²) in [5.74, 6) is 4.38. The van der Waals surface area contributed by atoms with E-state index in [1.807, 2.05) is 7.05 Å². The number of rotatable bonds is 3. The van der Waals surface area contributed by atoms with E-state index in [1.54, 1.807) is 0 Å². The minimum atomic E-state index is 0.439. The SMILES string of the molecule is CNCC1CCCN1C(=O)C1C2C3CCC(C3)C12. The molecule has 1 amide bonds. The summed E-state index contributed by atoms with van der Waals surface area (Å²) in [6.45, 7) is 1.98. The molecule has 1 N–H and O–H groups in total. The summed E-state index contributed by atoms with van der Waals surface area (Å²) in [6, 6.07) is 0.474. The van der Waals surface area contributed by atoms with Gasteiger partial charge in [-0.1, -0.05) is 0 Å². The lowest BCUT2D eigenvalue weighted by atomic mass is 10.0. The Labute approximate surface area is 109 Å². The highest BCUT2D eigenvalue weighted by Crippen LogP contribution is 2.69. The third kappa shape index (κ3) is 1.43. The molecule has 3 saturated carbocycles. The van der Waals surface area contributed by atoms with Gasteiger partial charge in [0.25, 0.3) is 0 Å². The Morgan fingerprint density at radius 2 is 1.94 bits per heavy atom. The van der Waals surface area contributed by atoms with Gasteiger partial charge in [0.05, 0.1) is 0 Å². The standard InChI is InChI=1S/C15H24N2O/c1-16-8-11-3-2-6-17(11)15(18)14-12-9-4-5-10(7-9)13(12)14/h9-14,16H,2-8H2,1H3. The van der Waals surface area contributed by atoms with Crippen molar-refractivity contribution in [2.75, 3.05) is 20.1 Å². The number of nitrogens with zero attached hydrogens (tertiary/aromatic N) is 1. The van der Waals surface area contributed by atoms with Gasteiger partial charge in [0.2, 0.25) is 5.91 Å². The summed E-state index contributed by atoms with van der Waals surface area (Å²) in [5, 5.41) is 3.24. The summed E-state index contributed by atoms with van der Waals surface area (Å²) in [6.07, 6.45) is 6.67. The largest absolute Gasteiger partial charge is 0.338 e. The molecule has 5 unspecified atom stereocenters. The third-order valence-corrected chi connectivity index (χ3v) is 6.12. The number of carbonyl (C=O) groups is 1. The van der Waals surface area contributed by atoms with Crippen LogP contribution in [0.3, 0.4) is 0 Å². The zero-order valence-corrected chi connectivity index (χ0v) is 11.3. The van der Waals surface area contributed by atoms with Crippen LogP contribution in [0.2, 0.25) is 0 Å². The van der Waals surface area contributed by atoms with E-state index in [0.717, 1.165) is 36.8 Å². The second-order valence-corrected chi connectivity index (χ2v) is 6.90. The van der Waals surface area contributed by atoms with E-state index in [2.05, 4.69) is 10.2 Å². The summed E-state index contributed by atoms with van der Waals surface area (Å²) in [5.41, 5.74) is 0. The van der Waals surface area contributed by atoms with Gasteiger partial charge in [-0.3, -0.25) is 4.79 Å². The van der Waals surface area contributed by atoms with Crippen molar-refractivity contribution in [1.82, 2.24) is 10.2 Å². The van der Waals surface area contributed by atoms with Crippen LogP contribution in [0, 0.1) is 29.6 Å². The summed E-state index contributed by atoms with van der Waals surface area (Å²) < 4.78 is 0. The van der Waals surface area contributed by atoms with Crippen LogP contribution in [0.5, 0.6) is 0 Å². The molecule has 3 aliphatic carbocycles. The van der Waals surface area contributed by atoms with Gasteiger partial charge in [0.1, 0.15) is 0 Å². The van der Waals surface area contributed by atoms with Gasteiger partial charge >= 0.3 is 0 Å². The lowest BCUT2D eigenvalue weighted by Crippen LogP contribution is -2.42. The number of hydrogen-bond acceptors (Lipinski definition) is 2. The van der Waals surface area contributed by atoms with E-state index < -0.39 is 0 Å². The average molecular weight is 248 g/mol. The van der Waals surface area contributed by atoms with Gasteiger partial charge in [-0.25, -0.2) is 0 Å². The van der Waals surface area contributed by atoms with Crippen molar-refractivity contribution in [3.05, 3.63) is 0 Å². The number of likely N-dealkylation sites (tertiary alicyclic amines) is 1. The highest BCUT2D eigenvalue weighted by atomic mass is 16.2. The molecular formula is C15H24N2O. The smallest absolute Gasteiger partial charge is 0.226 e. The van der Waals surface area contributed by atoms with Gasteiger partial charge in [0, 0.05) is 25.0 Å². The Kier molecular flexibility index (Phi) is 2.48. The Bertz CT molecular complexity index is 354. The zero-order chi connectivity index (χ0) is 12.3. The fourth-order valence-corrected chi connectivity index (χ4v) is 5.42. The monoisotopic (exact) mass is 248 g/mol. The van der Waals surface area contributed by atoms with Gasteiger partial charge < -0.3 is 10.2 Å². The van der Waals surface area contributed by atoms with Crippen LogP contribution in [0.25, 0.3) is 0 Å². The number of amides is 1. The Morgan fingerprint density at radius 3 is 2.61 bits per heavy atom. The molecule has 0 aromatic heterocycles. The number of carbonyl (C=O) groups excluding carboxylic acids is 1. The molecule has 2 bridgehead atoms. The second kappa shape index (κ2) is 3.96. The van der Waals surface area contributed by atoms with E-state index in [9.17, 15) is 4.79 Å². The van der Waals surface area contributed by atoms with Gasteiger partial charge in [-0.15, -0.1) is 0 Å². The van der Waals surface area contributed by atoms with Crippen molar-refractivity contribution >= 4 is 5.91 Å². The van der Waals surface area contributed by atoms with Crippen molar-refractivity contribution in [1.29, 1.82) is 0 Å². The summed E-state index contributed by atoms with van der Waals surface area (Å²) in [4.78, 5) is 14.9. The first-order valence-electron chi connectivity index (χ1n) is 7.76. The van der Waals surface area contributed by atoms with Gasteiger partial charge in [-0.2, -0.15) is 0 Å². The first-order valence-corrected chi connectivity index (χ1v) is 7.76. The second-order valence-electron chi connectivity index (χ2n) is 6.90. The average Bonchev–Trinajstić information content (AvgIpc) is 2.75. The molecule has 4 rings (SSSR count). The number of hydrogen-bond donors (Lipinski definition) is 1. The third-order valence-electron chi connectivity index (χ3n) is 6.12. The predicted molar refractivity (Wildman–Crippen MR) is 70.0 cm³/mol. The summed E-state index contributed by atoms with van der Waals surface area (Å²) >= 11 is 0. The highest BCUT2D eigenvalue weighted by Gasteiger charge is 2.68. The lowest BCUT2D eigenvalue weighted by Gasteiger charge is -2.25. The number of nitrogens with one attached hydrogen (secondary N) is 1. The van der Waals surface area contributed by atoms with E-state index in [4.69, 9.17) is 0 Å². The molecule has 4 fully saturated rings. The maximum absolute atomic E-state index is 12.7. The quantitative estimate of drug-likeness (QED) is 0.820. The highest BCUT2D eigenvalue weighted by molar-refractivity contribution is 5.83. The topological polar surface area (TPSA) is 32.3 Å². The van der Waals surface area contributed by atoms with Crippen LogP contribution in [-0.4, -0.2) is 37.0 Å². The van der Waals surface area contributed by atoms with Crippen LogP contribution < -0.4 is 5.32 Å². The molecule has 4 aliphatic rings. The van der Waals surface area contributed by atoms with Gasteiger partial charge in [-0.05, 0) is 62.8 Å². The van der Waals surface area contributed by atoms with Crippen molar-refractivity contribution in [2.24, 2.45) is 29.6 Å². The lowest BCUT2D eigenvalue weighted by molar-refractivity contribution is -0.134. The predicted octanol–water partition coefficient (Wildman–Crippen LogP) is 1.49. The minimum Gasteiger partial charge on any atom is -0.338 e. The molecule has 1 heterocycles. The van der Waals surface area contributed by atoms with Crippen molar-refractivity contribution in [2.45, 2.75) is 38.1 Å². The zero-order valence-electron chi connectivity index (χ0n) is 11.3. The van der Waals surface area contributed by atoms with Crippen molar-refractivity contribution in [3.63, 3.8) is 0 Å². The molecular weight excluding hydrogens is 224 g/mol. The van der Waals surface area contributed by atoms with Crippen LogP contribution in [-0.2, 0) is 4.79 Å². The Hall–Kier alpha value is -0.570. The molecule has 1 saturated heterocycles. The Balaban J connectivity index is 1.45. The van der Waals surface area contributed by atoms with Crippen LogP contribution >= 0.6 is 0 Å². The molecule has 0 spiro atoms. The fraction of sp³-hybridized carbons (Fsp3) is 0.933. The van der Waals surface area contributed by atoms with Gasteiger partial charge in [0.15, 0.2) is 0 Å². The van der Waals surface area contributed by atoms with E-state index >= 15 is 0 Å². The summed E-state index contributed by atoms with van der Waals surface area (Å²) in [7, 11) is 1.99. The first kappa shape index (κ1) is 11.3. The van der Waals surface area contributed by atoms with E-state index in [1.165, 1.54) is 32.1 Å². The van der Waals surface area contributed by atoms with Crippen molar-refractivity contribution < 1.29 is 4.79 Å². The fourth-order valence-electron chi connectivity index (χ4n) is 5.42. The van der Waals surface area contributed by atoms with E-state index in [0.29, 0.717) is 17.9 Å². The van der Waals surface area contributed by atoms with Crippen LogP contribution in [0.4, 0.5) is 0 Å². The molecule has 0 aromatic rings. The maximum atomic E-state index is 12.7. The molecule has 5 atom stereocenters. The normalized spacial score (nSPS) is 48.6. The molecule has 3 nitrogen and oxygen atoms in total. The van der Waals surface area contributed by atoms with Crippen LogP contribution in [0.15, 0.2) is 0 Å². The molecule has 100 valence electrons. The number of likely N-dealkylation sites (N-methyl/N-ethyl adjacent to an activating group) is 1. The maximum Gasteiger partial charge on any atom is 0.226 e.